The van der Waals surface area contributed by atoms with E-state index in [2.05, 4.69) is 60.7 Å². The van der Waals surface area contributed by atoms with Crippen LogP contribution in [0.2, 0.25) is 0 Å². The molecule has 1 heterocycles. The van der Waals surface area contributed by atoms with Gasteiger partial charge < -0.3 is 4.90 Å². The molecular weight excluding hydrogens is 392 g/mol. The highest BCUT2D eigenvalue weighted by molar-refractivity contribution is 7.99. The van der Waals surface area contributed by atoms with E-state index in [9.17, 15) is 4.79 Å². The number of nitrogens with zero attached hydrogens (tertiary/aromatic N) is 4. The summed E-state index contributed by atoms with van der Waals surface area (Å²) in [7, 11) is 0. The fourth-order valence-electron chi connectivity index (χ4n) is 3.35. The second-order valence-corrected chi connectivity index (χ2v) is 8.39. The molecule has 0 bridgehead atoms. The average molecular weight is 423 g/mol. The molecule has 0 unspecified atom stereocenters. The maximum atomic E-state index is 12.8. The Balaban J connectivity index is 1.94. The summed E-state index contributed by atoms with van der Waals surface area (Å²) < 4.78 is 2.06. The summed E-state index contributed by atoms with van der Waals surface area (Å²) in [5.74, 6) is 1.30. The monoisotopic (exact) mass is 422 g/mol. The van der Waals surface area contributed by atoms with E-state index in [0.717, 1.165) is 48.2 Å². The van der Waals surface area contributed by atoms with E-state index < -0.39 is 0 Å². The average Bonchev–Trinajstić information content (AvgIpc) is 3.18. The summed E-state index contributed by atoms with van der Waals surface area (Å²) in [5.41, 5.74) is 4.47. The van der Waals surface area contributed by atoms with Gasteiger partial charge in [-0.1, -0.05) is 62.0 Å². The van der Waals surface area contributed by atoms with E-state index >= 15 is 0 Å². The van der Waals surface area contributed by atoms with Crippen molar-refractivity contribution in [2.75, 3.05) is 18.8 Å². The number of aryl methyl sites for hydroxylation is 2. The lowest BCUT2D eigenvalue weighted by Gasteiger charge is -2.21. The molecule has 6 heteroatoms. The Morgan fingerprint density at radius 3 is 2.30 bits per heavy atom. The highest BCUT2D eigenvalue weighted by Crippen LogP contribution is 2.29. The molecule has 0 aliphatic rings. The fourth-order valence-corrected chi connectivity index (χ4v) is 4.21. The molecule has 0 N–H and O–H groups in total. The maximum Gasteiger partial charge on any atom is 0.233 e. The molecule has 30 heavy (non-hydrogen) atoms. The van der Waals surface area contributed by atoms with Crippen LogP contribution in [0.3, 0.4) is 0 Å². The zero-order valence-corrected chi connectivity index (χ0v) is 19.1. The summed E-state index contributed by atoms with van der Waals surface area (Å²) in [6, 6.07) is 16.4. The predicted octanol–water partition coefficient (Wildman–Crippen LogP) is 5.29. The Morgan fingerprint density at radius 1 is 0.967 bits per heavy atom. The first-order valence-corrected chi connectivity index (χ1v) is 11.5. The molecular formula is C24H30N4OS. The van der Waals surface area contributed by atoms with Gasteiger partial charge in [-0.2, -0.15) is 0 Å². The van der Waals surface area contributed by atoms with Crippen molar-refractivity contribution in [1.29, 1.82) is 0 Å². The van der Waals surface area contributed by atoms with Crippen molar-refractivity contribution in [1.82, 2.24) is 19.7 Å². The van der Waals surface area contributed by atoms with Gasteiger partial charge in [0.25, 0.3) is 0 Å². The molecule has 0 aliphatic heterocycles. The van der Waals surface area contributed by atoms with Crippen LogP contribution in [-0.2, 0) is 4.79 Å². The van der Waals surface area contributed by atoms with E-state index in [4.69, 9.17) is 0 Å². The zero-order valence-electron chi connectivity index (χ0n) is 18.3. The van der Waals surface area contributed by atoms with E-state index in [-0.39, 0.29) is 5.91 Å². The molecule has 3 rings (SSSR count). The van der Waals surface area contributed by atoms with Crippen molar-refractivity contribution in [3.63, 3.8) is 0 Å². The summed E-state index contributed by atoms with van der Waals surface area (Å²) >= 11 is 1.45. The lowest BCUT2D eigenvalue weighted by atomic mass is 10.1. The number of aromatic nitrogens is 3. The van der Waals surface area contributed by atoms with Gasteiger partial charge in [-0.15, -0.1) is 10.2 Å². The number of rotatable bonds is 9. The predicted molar refractivity (Wildman–Crippen MR) is 124 cm³/mol. The van der Waals surface area contributed by atoms with Crippen LogP contribution in [-0.4, -0.2) is 44.4 Å². The molecule has 3 aromatic rings. The Kier molecular flexibility index (Phi) is 7.69. The topological polar surface area (TPSA) is 51.0 Å². The number of hydrogen-bond acceptors (Lipinski definition) is 4. The Morgan fingerprint density at radius 2 is 1.67 bits per heavy atom. The van der Waals surface area contributed by atoms with Gasteiger partial charge in [0.05, 0.1) is 11.4 Å². The first-order valence-electron chi connectivity index (χ1n) is 10.5. The molecule has 158 valence electrons. The van der Waals surface area contributed by atoms with Crippen molar-refractivity contribution in [2.24, 2.45) is 0 Å². The summed E-state index contributed by atoms with van der Waals surface area (Å²) in [6.45, 7) is 10.0. The van der Waals surface area contributed by atoms with Crippen LogP contribution in [0, 0.1) is 13.8 Å². The van der Waals surface area contributed by atoms with Crippen LogP contribution in [0.4, 0.5) is 0 Å². The fraction of sp³-hybridized carbons (Fsp3) is 0.375. The van der Waals surface area contributed by atoms with Gasteiger partial charge in [0.1, 0.15) is 0 Å². The quantitative estimate of drug-likeness (QED) is 0.440. The van der Waals surface area contributed by atoms with Gasteiger partial charge in [0, 0.05) is 18.7 Å². The molecule has 1 aromatic heterocycles. The van der Waals surface area contributed by atoms with Gasteiger partial charge in [0.2, 0.25) is 5.91 Å². The lowest BCUT2D eigenvalue weighted by Crippen LogP contribution is -2.33. The van der Waals surface area contributed by atoms with Crippen LogP contribution in [0.1, 0.15) is 37.8 Å². The van der Waals surface area contributed by atoms with Crippen LogP contribution < -0.4 is 0 Å². The van der Waals surface area contributed by atoms with Gasteiger partial charge in [0.15, 0.2) is 11.0 Å². The van der Waals surface area contributed by atoms with Crippen molar-refractivity contribution < 1.29 is 4.79 Å². The van der Waals surface area contributed by atoms with Crippen LogP contribution in [0.15, 0.2) is 53.7 Å². The van der Waals surface area contributed by atoms with Gasteiger partial charge in [-0.05, 0) is 49.9 Å². The van der Waals surface area contributed by atoms with Crippen molar-refractivity contribution >= 4 is 17.7 Å². The summed E-state index contributed by atoms with van der Waals surface area (Å²) in [6.07, 6.45) is 1.93. The Hall–Kier alpha value is -2.60. The molecule has 5 nitrogen and oxygen atoms in total. The number of amides is 1. The SMILES string of the molecule is CCCN(CCC)C(=O)CSc1nnc(-c2ccccc2)n1-c1ccc(C)c(C)c1. The third-order valence-corrected chi connectivity index (χ3v) is 5.99. The third-order valence-electron chi connectivity index (χ3n) is 5.08. The van der Waals surface area contributed by atoms with Crippen molar-refractivity contribution in [3.8, 4) is 17.1 Å². The number of carbonyl (C=O) groups excluding carboxylic acids is 1. The molecule has 0 aliphatic carbocycles. The molecule has 0 radical (unpaired) electrons. The van der Waals surface area contributed by atoms with Crippen molar-refractivity contribution in [2.45, 2.75) is 45.7 Å². The molecule has 0 saturated carbocycles. The van der Waals surface area contributed by atoms with Crippen molar-refractivity contribution in [3.05, 3.63) is 59.7 Å². The van der Waals surface area contributed by atoms with Gasteiger partial charge in [-0.3, -0.25) is 9.36 Å². The summed E-state index contributed by atoms with van der Waals surface area (Å²) in [4.78, 5) is 14.7. The third kappa shape index (κ3) is 5.11. The number of carbonyl (C=O) groups is 1. The molecule has 0 saturated heterocycles. The van der Waals surface area contributed by atoms with Crippen LogP contribution >= 0.6 is 11.8 Å². The first-order chi connectivity index (χ1) is 14.5. The van der Waals surface area contributed by atoms with Crippen LogP contribution in [0.25, 0.3) is 17.1 Å². The first kappa shape index (κ1) is 22.1. The summed E-state index contributed by atoms with van der Waals surface area (Å²) in [5, 5.41) is 9.66. The van der Waals surface area contributed by atoms with E-state index in [1.165, 1.54) is 22.9 Å². The molecule has 2 aromatic carbocycles. The molecule has 0 atom stereocenters. The lowest BCUT2D eigenvalue weighted by molar-refractivity contribution is -0.128. The maximum absolute atomic E-state index is 12.8. The highest BCUT2D eigenvalue weighted by atomic mass is 32.2. The highest BCUT2D eigenvalue weighted by Gasteiger charge is 2.19. The number of benzene rings is 2. The normalized spacial score (nSPS) is 10.9. The van der Waals surface area contributed by atoms with E-state index in [1.807, 2.05) is 35.2 Å². The van der Waals surface area contributed by atoms with Crippen LogP contribution in [0.5, 0.6) is 0 Å². The standard InChI is InChI=1S/C24H30N4OS/c1-5-14-27(15-6-2)22(29)17-30-24-26-25-23(20-10-8-7-9-11-20)28(24)21-13-12-18(3)19(4)16-21/h7-13,16H,5-6,14-15,17H2,1-4H3. The second-order valence-electron chi connectivity index (χ2n) is 7.45. The van der Waals surface area contributed by atoms with E-state index in [0.29, 0.717) is 5.75 Å². The minimum Gasteiger partial charge on any atom is -0.342 e. The number of thioether (sulfide) groups is 1. The number of hydrogen-bond donors (Lipinski definition) is 0. The van der Waals surface area contributed by atoms with Gasteiger partial charge in [-0.25, -0.2) is 0 Å². The smallest absolute Gasteiger partial charge is 0.233 e. The van der Waals surface area contributed by atoms with Gasteiger partial charge >= 0.3 is 0 Å². The minimum atomic E-state index is 0.152. The van der Waals surface area contributed by atoms with E-state index in [1.54, 1.807) is 0 Å². The molecule has 1 amide bonds. The largest absolute Gasteiger partial charge is 0.342 e. The molecule has 0 spiro atoms. The Labute approximate surface area is 183 Å². The molecule has 0 fully saturated rings. The minimum absolute atomic E-state index is 0.152. The second kappa shape index (κ2) is 10.4. The Bertz CT molecular complexity index is 978. The zero-order chi connectivity index (χ0) is 21.5.